The molecule has 0 heterocycles. The smallest absolute Gasteiger partial charge is 0.217 e. The Morgan fingerprint density at radius 2 is 1.92 bits per heavy atom. The molecule has 2 nitrogen and oxygen atoms in total. The SMILES string of the molecule is C=C(C)CS(=O)(=O)SCC(F)(F)F. The lowest BCUT2D eigenvalue weighted by Gasteiger charge is -2.05. The van der Waals surface area contributed by atoms with Crippen molar-refractivity contribution in [1.82, 2.24) is 0 Å². The van der Waals surface area contributed by atoms with E-state index in [9.17, 15) is 21.6 Å². The van der Waals surface area contributed by atoms with E-state index in [0.717, 1.165) is 0 Å². The van der Waals surface area contributed by atoms with Crippen LogP contribution in [0.25, 0.3) is 0 Å². The molecule has 0 saturated carbocycles. The normalized spacial score (nSPS) is 12.9. The lowest BCUT2D eigenvalue weighted by Crippen LogP contribution is -2.14. The van der Waals surface area contributed by atoms with Gasteiger partial charge in [0.25, 0.3) is 0 Å². The molecule has 13 heavy (non-hydrogen) atoms. The van der Waals surface area contributed by atoms with Crippen molar-refractivity contribution >= 4 is 19.7 Å². The van der Waals surface area contributed by atoms with Gasteiger partial charge in [0.15, 0.2) is 0 Å². The summed E-state index contributed by atoms with van der Waals surface area (Å²) in [5.41, 5.74) is 0.328. The van der Waals surface area contributed by atoms with Gasteiger partial charge in [-0.1, -0.05) is 12.2 Å². The van der Waals surface area contributed by atoms with Crippen molar-refractivity contribution in [3.05, 3.63) is 12.2 Å². The molecule has 0 aromatic rings. The third kappa shape index (κ3) is 8.17. The van der Waals surface area contributed by atoms with E-state index in [-0.39, 0.29) is 10.8 Å². The molecule has 0 aromatic carbocycles. The minimum atomic E-state index is -4.45. The van der Waals surface area contributed by atoms with E-state index in [2.05, 4.69) is 6.58 Å². The first-order valence-corrected chi connectivity index (χ1v) is 6.36. The molecular formula is C6H9F3O2S2. The summed E-state index contributed by atoms with van der Waals surface area (Å²) in [4.78, 5) is 0. The second-order valence-corrected chi connectivity index (χ2v) is 6.70. The molecule has 0 rings (SSSR count). The van der Waals surface area contributed by atoms with Gasteiger partial charge in [0, 0.05) is 0 Å². The molecule has 0 aliphatic rings. The van der Waals surface area contributed by atoms with E-state index in [0.29, 0.717) is 5.57 Å². The van der Waals surface area contributed by atoms with Crippen LogP contribution in [0.2, 0.25) is 0 Å². The highest BCUT2D eigenvalue weighted by atomic mass is 33.1. The predicted octanol–water partition coefficient (Wildman–Crippen LogP) is 2.19. The Morgan fingerprint density at radius 3 is 2.23 bits per heavy atom. The van der Waals surface area contributed by atoms with Crippen LogP contribution in [0, 0.1) is 0 Å². The highest BCUT2D eigenvalue weighted by molar-refractivity contribution is 8.72. The van der Waals surface area contributed by atoms with Crippen molar-refractivity contribution in [2.75, 3.05) is 11.5 Å². The molecule has 0 aliphatic heterocycles. The fourth-order valence-corrected chi connectivity index (χ4v) is 3.29. The van der Waals surface area contributed by atoms with Gasteiger partial charge in [-0.15, -0.1) is 0 Å². The molecule has 0 N–H and O–H groups in total. The number of hydrogen-bond donors (Lipinski definition) is 0. The van der Waals surface area contributed by atoms with Crippen LogP contribution in [0.3, 0.4) is 0 Å². The van der Waals surface area contributed by atoms with E-state index in [4.69, 9.17) is 0 Å². The number of alkyl halides is 3. The van der Waals surface area contributed by atoms with Crippen molar-refractivity contribution in [3.8, 4) is 0 Å². The summed E-state index contributed by atoms with van der Waals surface area (Å²) in [5.74, 6) is -1.78. The van der Waals surface area contributed by atoms with Gasteiger partial charge in [-0.25, -0.2) is 8.42 Å². The molecule has 0 aromatic heterocycles. The van der Waals surface area contributed by atoms with E-state index in [1.54, 1.807) is 0 Å². The van der Waals surface area contributed by atoms with E-state index in [1.165, 1.54) is 6.92 Å². The molecule has 0 saturated heterocycles. The Hall–Kier alpha value is -0.170. The maximum Gasteiger partial charge on any atom is 0.398 e. The van der Waals surface area contributed by atoms with Crippen LogP contribution >= 0.6 is 10.8 Å². The van der Waals surface area contributed by atoms with Crippen molar-refractivity contribution in [3.63, 3.8) is 0 Å². The molecule has 0 atom stereocenters. The van der Waals surface area contributed by atoms with Gasteiger partial charge in [0.1, 0.15) is 5.75 Å². The van der Waals surface area contributed by atoms with Gasteiger partial charge in [-0.2, -0.15) is 13.2 Å². The van der Waals surface area contributed by atoms with Crippen molar-refractivity contribution < 1.29 is 21.6 Å². The number of halogens is 3. The largest absolute Gasteiger partial charge is 0.398 e. The van der Waals surface area contributed by atoms with Crippen LogP contribution in [0.1, 0.15) is 6.92 Å². The number of rotatable bonds is 4. The van der Waals surface area contributed by atoms with E-state index < -0.39 is 26.6 Å². The second kappa shape index (κ2) is 4.36. The third-order valence-electron chi connectivity index (χ3n) is 0.825. The predicted molar refractivity (Wildman–Crippen MR) is 47.1 cm³/mol. The molecule has 7 heteroatoms. The summed E-state index contributed by atoms with van der Waals surface area (Å²) in [5, 5.41) is 0. The zero-order valence-corrected chi connectivity index (χ0v) is 8.52. The van der Waals surface area contributed by atoms with Crippen LogP contribution in [-0.4, -0.2) is 26.1 Å². The molecule has 0 fully saturated rings. The fourth-order valence-electron chi connectivity index (χ4n) is 0.500. The van der Waals surface area contributed by atoms with E-state index in [1.807, 2.05) is 0 Å². The maximum atomic E-state index is 11.6. The monoisotopic (exact) mass is 234 g/mol. The van der Waals surface area contributed by atoms with Crippen LogP contribution < -0.4 is 0 Å². The van der Waals surface area contributed by atoms with Crippen LogP contribution in [-0.2, 0) is 8.87 Å². The summed E-state index contributed by atoms with van der Waals surface area (Å²) in [6.07, 6.45) is -4.45. The fraction of sp³-hybridized carbons (Fsp3) is 0.667. The molecule has 0 bridgehead atoms. The Balaban J connectivity index is 4.13. The van der Waals surface area contributed by atoms with Gasteiger partial charge >= 0.3 is 6.18 Å². The van der Waals surface area contributed by atoms with Crippen LogP contribution in [0.15, 0.2) is 12.2 Å². The van der Waals surface area contributed by atoms with Gasteiger partial charge in [-0.3, -0.25) is 0 Å². The van der Waals surface area contributed by atoms with Gasteiger partial charge in [-0.05, 0) is 17.7 Å². The van der Waals surface area contributed by atoms with Gasteiger partial charge < -0.3 is 0 Å². The molecular weight excluding hydrogens is 225 g/mol. The summed E-state index contributed by atoms with van der Waals surface area (Å²) < 4.78 is 56.6. The van der Waals surface area contributed by atoms with Crippen molar-refractivity contribution in [2.45, 2.75) is 13.1 Å². The third-order valence-corrected chi connectivity index (χ3v) is 4.26. The van der Waals surface area contributed by atoms with Crippen LogP contribution in [0.5, 0.6) is 0 Å². The Labute approximate surface area is 78.5 Å². The molecule has 0 spiro atoms. The zero-order chi connectivity index (χ0) is 10.7. The Kier molecular flexibility index (Phi) is 4.31. The Bertz CT molecular complexity index is 279. The summed E-state index contributed by atoms with van der Waals surface area (Å²) in [6, 6.07) is 0. The lowest BCUT2D eigenvalue weighted by molar-refractivity contribution is -0.105. The summed E-state index contributed by atoms with van der Waals surface area (Å²) >= 11 is 0. The van der Waals surface area contributed by atoms with Crippen LogP contribution in [0.4, 0.5) is 13.2 Å². The summed E-state index contributed by atoms with van der Waals surface area (Å²) in [6.45, 7) is 4.76. The first-order chi connectivity index (χ1) is 5.62. The zero-order valence-electron chi connectivity index (χ0n) is 6.89. The maximum absolute atomic E-state index is 11.6. The molecule has 0 unspecified atom stereocenters. The molecule has 0 aliphatic carbocycles. The average Bonchev–Trinajstić information content (AvgIpc) is 1.79. The van der Waals surface area contributed by atoms with Crippen molar-refractivity contribution in [1.29, 1.82) is 0 Å². The average molecular weight is 234 g/mol. The minimum Gasteiger partial charge on any atom is -0.217 e. The Morgan fingerprint density at radius 1 is 1.46 bits per heavy atom. The van der Waals surface area contributed by atoms with Gasteiger partial charge in [0.2, 0.25) is 8.87 Å². The topological polar surface area (TPSA) is 34.1 Å². The number of hydrogen-bond acceptors (Lipinski definition) is 3. The highest BCUT2D eigenvalue weighted by Crippen LogP contribution is 2.25. The van der Waals surface area contributed by atoms with Crippen molar-refractivity contribution in [2.24, 2.45) is 0 Å². The van der Waals surface area contributed by atoms with Gasteiger partial charge in [0.05, 0.1) is 5.75 Å². The molecule has 0 amide bonds. The lowest BCUT2D eigenvalue weighted by atomic mass is 10.4. The minimum absolute atomic E-state index is 0.0996. The first-order valence-electron chi connectivity index (χ1n) is 3.20. The highest BCUT2D eigenvalue weighted by Gasteiger charge is 2.30. The molecule has 78 valence electrons. The molecule has 0 radical (unpaired) electrons. The van der Waals surface area contributed by atoms with E-state index >= 15 is 0 Å². The summed E-state index contributed by atoms with van der Waals surface area (Å²) in [7, 11) is -3.82. The standard InChI is InChI=1S/C6H9F3O2S2/c1-5(2)3-13(10,11)12-4-6(7,8)9/h1,3-4H2,2H3. The second-order valence-electron chi connectivity index (χ2n) is 2.54. The first kappa shape index (κ1) is 12.8. The quantitative estimate of drug-likeness (QED) is 0.552.